The van der Waals surface area contributed by atoms with E-state index >= 15 is 0 Å². The number of hydrogen-bond acceptors (Lipinski definition) is 4. The summed E-state index contributed by atoms with van der Waals surface area (Å²) in [6.07, 6.45) is 2.06. The largest absolute Gasteiger partial charge is 0.495 e. The molecule has 1 aromatic carbocycles. The molecule has 2 rings (SSSR count). The van der Waals surface area contributed by atoms with Crippen molar-refractivity contribution in [3.8, 4) is 11.4 Å². The van der Waals surface area contributed by atoms with Gasteiger partial charge in [-0.1, -0.05) is 16.8 Å². The molecule has 0 atom stereocenters. The Morgan fingerprint density at radius 3 is 3.00 bits per heavy atom. The number of carboxylic acid groups (broad SMARTS) is 1. The monoisotopic (exact) mass is 281 g/mol. The first-order chi connectivity index (χ1) is 9.10. The van der Waals surface area contributed by atoms with Crippen molar-refractivity contribution in [2.45, 2.75) is 12.8 Å². The van der Waals surface area contributed by atoms with Crippen molar-refractivity contribution in [2.75, 3.05) is 7.11 Å². The summed E-state index contributed by atoms with van der Waals surface area (Å²) in [7, 11) is 1.53. The summed E-state index contributed by atoms with van der Waals surface area (Å²) in [6, 6.07) is 5.22. The molecule has 1 aromatic heterocycles. The zero-order valence-electron chi connectivity index (χ0n) is 10.2. The van der Waals surface area contributed by atoms with Crippen molar-refractivity contribution in [3.05, 3.63) is 35.1 Å². The van der Waals surface area contributed by atoms with Gasteiger partial charge in [0.1, 0.15) is 5.75 Å². The molecule has 1 N–H and O–H groups in total. The number of rotatable bonds is 5. The van der Waals surface area contributed by atoms with E-state index in [-0.39, 0.29) is 6.42 Å². The van der Waals surface area contributed by atoms with Crippen molar-refractivity contribution in [1.82, 2.24) is 15.0 Å². The van der Waals surface area contributed by atoms with Crippen molar-refractivity contribution in [1.29, 1.82) is 0 Å². The van der Waals surface area contributed by atoms with Crippen molar-refractivity contribution in [2.24, 2.45) is 0 Å². The quantitative estimate of drug-likeness (QED) is 0.906. The van der Waals surface area contributed by atoms with E-state index in [2.05, 4.69) is 10.3 Å². The zero-order valence-corrected chi connectivity index (χ0v) is 11.0. The summed E-state index contributed by atoms with van der Waals surface area (Å²) in [5.41, 5.74) is 1.37. The van der Waals surface area contributed by atoms with Gasteiger partial charge in [-0.05, 0) is 12.1 Å². The van der Waals surface area contributed by atoms with Crippen molar-refractivity contribution < 1.29 is 14.6 Å². The maximum atomic E-state index is 10.5. The van der Waals surface area contributed by atoms with Crippen LogP contribution < -0.4 is 4.74 Å². The number of carbonyl (C=O) groups is 1. The highest BCUT2D eigenvalue weighted by Crippen LogP contribution is 2.26. The van der Waals surface area contributed by atoms with Gasteiger partial charge in [-0.25, -0.2) is 4.68 Å². The number of ether oxygens (including phenoxy) is 1. The molecular weight excluding hydrogens is 270 g/mol. The van der Waals surface area contributed by atoms with E-state index in [0.717, 1.165) is 5.69 Å². The highest BCUT2D eigenvalue weighted by Gasteiger charge is 2.07. The summed E-state index contributed by atoms with van der Waals surface area (Å²) in [5, 5.41) is 17.0. The third-order valence-corrected chi connectivity index (χ3v) is 2.85. The van der Waals surface area contributed by atoms with Crippen LogP contribution in [-0.2, 0) is 11.2 Å². The lowest BCUT2D eigenvalue weighted by Crippen LogP contribution is -1.97. The molecule has 0 aliphatic carbocycles. The molecule has 2 aromatic rings. The average molecular weight is 282 g/mol. The molecule has 1 heterocycles. The number of hydrogen-bond donors (Lipinski definition) is 1. The third-order valence-electron chi connectivity index (χ3n) is 2.54. The van der Waals surface area contributed by atoms with E-state index in [9.17, 15) is 4.79 Å². The van der Waals surface area contributed by atoms with E-state index in [1.165, 1.54) is 7.11 Å². The van der Waals surface area contributed by atoms with Crippen LogP contribution in [0.1, 0.15) is 12.1 Å². The molecule has 0 aliphatic heterocycles. The average Bonchev–Trinajstić information content (AvgIpc) is 2.86. The molecule has 0 spiro atoms. The molecule has 0 saturated carbocycles. The molecule has 0 aliphatic rings. The van der Waals surface area contributed by atoms with Crippen LogP contribution >= 0.6 is 11.6 Å². The Morgan fingerprint density at radius 2 is 2.32 bits per heavy atom. The van der Waals surface area contributed by atoms with E-state index in [0.29, 0.717) is 22.9 Å². The molecule has 7 heteroatoms. The number of nitrogens with zero attached hydrogens (tertiary/aromatic N) is 3. The van der Waals surface area contributed by atoms with Gasteiger partial charge in [-0.2, -0.15) is 0 Å². The minimum Gasteiger partial charge on any atom is -0.495 e. The van der Waals surface area contributed by atoms with E-state index in [1.807, 2.05) is 0 Å². The van der Waals surface area contributed by atoms with Gasteiger partial charge in [0.25, 0.3) is 0 Å². The van der Waals surface area contributed by atoms with Crippen molar-refractivity contribution >= 4 is 17.6 Å². The molecule has 19 heavy (non-hydrogen) atoms. The van der Waals surface area contributed by atoms with Gasteiger partial charge >= 0.3 is 5.97 Å². The van der Waals surface area contributed by atoms with Gasteiger partial charge in [0, 0.05) is 12.5 Å². The lowest BCUT2D eigenvalue weighted by atomic mass is 10.2. The summed E-state index contributed by atoms with van der Waals surface area (Å²) in [5.74, 6) is -0.315. The van der Waals surface area contributed by atoms with Gasteiger partial charge in [-0.3, -0.25) is 4.79 Å². The summed E-state index contributed by atoms with van der Waals surface area (Å²) >= 11 is 5.94. The maximum absolute atomic E-state index is 10.5. The van der Waals surface area contributed by atoms with Gasteiger partial charge in [0.2, 0.25) is 0 Å². The van der Waals surface area contributed by atoms with E-state index in [4.69, 9.17) is 21.4 Å². The maximum Gasteiger partial charge on any atom is 0.303 e. The van der Waals surface area contributed by atoms with Crippen LogP contribution in [-0.4, -0.2) is 33.2 Å². The molecule has 100 valence electrons. The fraction of sp³-hybridized carbons (Fsp3) is 0.250. The summed E-state index contributed by atoms with van der Waals surface area (Å²) < 4.78 is 6.67. The first-order valence-corrected chi connectivity index (χ1v) is 5.95. The fourth-order valence-electron chi connectivity index (χ4n) is 1.57. The zero-order chi connectivity index (χ0) is 13.8. The van der Waals surface area contributed by atoms with Crippen LogP contribution in [0.3, 0.4) is 0 Å². The van der Waals surface area contributed by atoms with E-state index in [1.54, 1.807) is 29.1 Å². The van der Waals surface area contributed by atoms with Crippen LogP contribution in [0.25, 0.3) is 5.69 Å². The van der Waals surface area contributed by atoms with Gasteiger partial charge < -0.3 is 9.84 Å². The molecule has 0 unspecified atom stereocenters. The molecule has 0 saturated heterocycles. The lowest BCUT2D eigenvalue weighted by molar-refractivity contribution is -0.136. The first-order valence-electron chi connectivity index (χ1n) is 5.57. The topological polar surface area (TPSA) is 77.2 Å². The Hall–Kier alpha value is -2.08. The van der Waals surface area contributed by atoms with E-state index < -0.39 is 5.97 Å². The fourth-order valence-corrected chi connectivity index (χ4v) is 1.76. The van der Waals surface area contributed by atoms with Crippen LogP contribution in [0.4, 0.5) is 0 Å². The van der Waals surface area contributed by atoms with Crippen LogP contribution in [0.5, 0.6) is 5.75 Å². The van der Waals surface area contributed by atoms with Gasteiger partial charge in [0.15, 0.2) is 0 Å². The highest BCUT2D eigenvalue weighted by atomic mass is 35.5. The Bertz CT molecular complexity index is 598. The number of halogens is 1. The number of methoxy groups -OCH3 is 1. The van der Waals surface area contributed by atoms with Gasteiger partial charge in [0.05, 0.1) is 36.1 Å². The number of aryl methyl sites for hydroxylation is 1. The SMILES string of the molecule is COc1cc(-n2cc(CCC(=O)O)nn2)ccc1Cl. The number of aliphatic carboxylic acids is 1. The minimum absolute atomic E-state index is 0.0304. The standard InChI is InChI=1S/C12H12ClN3O3/c1-19-11-6-9(3-4-10(11)13)16-7-8(14-15-16)2-5-12(17)18/h3-4,6-7H,2,5H2,1H3,(H,17,18). The molecule has 0 fully saturated rings. The lowest BCUT2D eigenvalue weighted by Gasteiger charge is -2.05. The number of aromatic nitrogens is 3. The predicted octanol–water partition coefficient (Wildman–Crippen LogP) is 1.95. The summed E-state index contributed by atoms with van der Waals surface area (Å²) in [6.45, 7) is 0. The molecular formula is C12H12ClN3O3. The van der Waals surface area contributed by atoms with Gasteiger partial charge in [-0.15, -0.1) is 5.10 Å². The molecule has 0 radical (unpaired) electrons. The molecule has 0 bridgehead atoms. The Kier molecular flexibility index (Phi) is 4.01. The van der Waals surface area contributed by atoms with Crippen LogP contribution in [0.15, 0.2) is 24.4 Å². The minimum atomic E-state index is -0.859. The number of carboxylic acids is 1. The Labute approximate surface area is 114 Å². The summed E-state index contributed by atoms with van der Waals surface area (Å²) in [4.78, 5) is 10.5. The highest BCUT2D eigenvalue weighted by molar-refractivity contribution is 6.32. The second-order valence-electron chi connectivity index (χ2n) is 3.87. The Balaban J connectivity index is 2.20. The molecule has 6 nitrogen and oxygen atoms in total. The second kappa shape index (κ2) is 5.71. The van der Waals surface area contributed by atoms with Crippen LogP contribution in [0, 0.1) is 0 Å². The normalized spacial score (nSPS) is 10.4. The van der Waals surface area contributed by atoms with Crippen molar-refractivity contribution in [3.63, 3.8) is 0 Å². The first kappa shape index (κ1) is 13.4. The van der Waals surface area contributed by atoms with Crippen LogP contribution in [0.2, 0.25) is 5.02 Å². The molecule has 0 amide bonds. The third kappa shape index (κ3) is 3.23. The Morgan fingerprint density at radius 1 is 1.53 bits per heavy atom. The second-order valence-corrected chi connectivity index (χ2v) is 4.27. The number of benzene rings is 1. The predicted molar refractivity (Wildman–Crippen MR) is 68.9 cm³/mol. The smallest absolute Gasteiger partial charge is 0.303 e.